The summed E-state index contributed by atoms with van der Waals surface area (Å²) < 4.78 is 28.3. The predicted octanol–water partition coefficient (Wildman–Crippen LogP) is 3.82. The molecule has 158 valence electrons. The Morgan fingerprint density at radius 3 is 2.67 bits per heavy atom. The second-order valence-corrected chi connectivity index (χ2v) is 7.92. The summed E-state index contributed by atoms with van der Waals surface area (Å²) in [4.78, 5) is 17.0. The summed E-state index contributed by atoms with van der Waals surface area (Å²) in [5.74, 6) is -1.72. The maximum atomic E-state index is 14.5. The molecule has 0 aromatic heterocycles. The molecule has 1 unspecified atom stereocenters. The number of hydrazone groups is 1. The third-order valence-electron chi connectivity index (χ3n) is 4.63. The summed E-state index contributed by atoms with van der Waals surface area (Å²) in [7, 11) is 1.34. The van der Waals surface area contributed by atoms with E-state index in [0.29, 0.717) is 19.4 Å². The molecular formula is C21H22F2N4O2S. The number of hydrogen-bond acceptors (Lipinski definition) is 6. The molecule has 0 bridgehead atoms. The van der Waals surface area contributed by atoms with Crippen molar-refractivity contribution in [2.75, 3.05) is 13.7 Å². The van der Waals surface area contributed by atoms with Crippen LogP contribution in [0.25, 0.3) is 0 Å². The lowest BCUT2D eigenvalue weighted by molar-refractivity contribution is -0.127. The first-order valence-electron chi connectivity index (χ1n) is 9.34. The van der Waals surface area contributed by atoms with Crippen LogP contribution in [0.5, 0.6) is 0 Å². The maximum absolute atomic E-state index is 14.5. The Hall–Kier alpha value is -2.78. The van der Waals surface area contributed by atoms with Crippen LogP contribution in [0.1, 0.15) is 30.9 Å². The maximum Gasteiger partial charge on any atom is 0.293 e. The highest BCUT2D eigenvalue weighted by molar-refractivity contribution is 8.15. The van der Waals surface area contributed by atoms with Crippen LogP contribution in [0.2, 0.25) is 0 Å². The van der Waals surface area contributed by atoms with Crippen molar-refractivity contribution in [3.63, 3.8) is 0 Å². The number of rotatable bonds is 7. The Morgan fingerprint density at radius 1 is 1.27 bits per heavy atom. The van der Waals surface area contributed by atoms with Crippen LogP contribution in [0, 0.1) is 11.6 Å². The summed E-state index contributed by atoms with van der Waals surface area (Å²) in [5, 5.41) is 9.63. The summed E-state index contributed by atoms with van der Waals surface area (Å²) >= 11 is 1.20. The van der Waals surface area contributed by atoms with Gasteiger partial charge in [-0.2, -0.15) is 5.10 Å². The highest BCUT2D eigenvalue weighted by atomic mass is 32.2. The number of hydrogen-bond donors (Lipinski definition) is 1. The molecule has 0 saturated carbocycles. The second-order valence-electron chi connectivity index (χ2n) is 6.65. The molecule has 0 fully saturated rings. The lowest BCUT2D eigenvalue weighted by atomic mass is 10.00. The van der Waals surface area contributed by atoms with Gasteiger partial charge in [0.2, 0.25) is 0 Å². The van der Waals surface area contributed by atoms with Gasteiger partial charge in [-0.15, -0.1) is 0 Å². The van der Waals surface area contributed by atoms with E-state index in [0.717, 1.165) is 23.8 Å². The van der Waals surface area contributed by atoms with Crippen molar-refractivity contribution >= 4 is 28.4 Å². The number of nitrogens with two attached hydrogens (primary N) is 1. The third kappa shape index (κ3) is 4.22. The third-order valence-corrected chi connectivity index (χ3v) is 6.08. The lowest BCUT2D eigenvalue weighted by Gasteiger charge is -2.35. The Morgan fingerprint density at radius 2 is 2.00 bits per heavy atom. The molecule has 1 heterocycles. The Bertz CT molecular complexity index is 984. The quantitative estimate of drug-likeness (QED) is 0.533. The Balaban J connectivity index is 2.17. The molecule has 0 radical (unpaired) electrons. The number of nitrogens with zero attached hydrogens (tertiary/aromatic N) is 3. The van der Waals surface area contributed by atoms with Crippen LogP contribution in [0.3, 0.4) is 0 Å². The van der Waals surface area contributed by atoms with Gasteiger partial charge in [0.1, 0.15) is 34.4 Å². The number of carbonyl (C=O) groups is 1. The van der Waals surface area contributed by atoms with E-state index in [1.165, 1.54) is 30.8 Å². The average molecular weight is 432 g/mol. The lowest BCUT2D eigenvalue weighted by Crippen LogP contribution is -2.44. The van der Waals surface area contributed by atoms with Crippen LogP contribution >= 0.6 is 11.8 Å². The molecule has 2 N–H and O–H groups in total. The SMILES string of the molecule is CO/N=C(/C)C(=O)N1N=C(c2cc(F)ccc2F)SC1(CCCN)c1ccccc1. The smallest absolute Gasteiger partial charge is 0.293 e. The van der Waals surface area contributed by atoms with E-state index < -0.39 is 22.4 Å². The van der Waals surface area contributed by atoms with Gasteiger partial charge < -0.3 is 10.6 Å². The zero-order valence-corrected chi connectivity index (χ0v) is 17.5. The van der Waals surface area contributed by atoms with Crippen molar-refractivity contribution in [2.24, 2.45) is 16.0 Å². The number of thioether (sulfide) groups is 1. The van der Waals surface area contributed by atoms with Crippen molar-refractivity contribution in [3.8, 4) is 0 Å². The van der Waals surface area contributed by atoms with Crippen LogP contribution in [0.4, 0.5) is 8.78 Å². The van der Waals surface area contributed by atoms with Gasteiger partial charge in [-0.3, -0.25) is 4.79 Å². The van der Waals surface area contributed by atoms with Crippen LogP contribution < -0.4 is 5.73 Å². The topological polar surface area (TPSA) is 80.3 Å². The predicted molar refractivity (Wildman–Crippen MR) is 114 cm³/mol. The summed E-state index contributed by atoms with van der Waals surface area (Å²) in [5.41, 5.74) is 6.62. The van der Waals surface area contributed by atoms with E-state index in [1.54, 1.807) is 0 Å². The molecule has 2 aromatic carbocycles. The van der Waals surface area contributed by atoms with Crippen LogP contribution in [0.15, 0.2) is 58.8 Å². The van der Waals surface area contributed by atoms with Gasteiger partial charge in [-0.25, -0.2) is 13.8 Å². The monoisotopic (exact) mass is 432 g/mol. The minimum absolute atomic E-state index is 0.00955. The molecule has 0 aliphatic carbocycles. The van der Waals surface area contributed by atoms with Crippen LogP contribution in [-0.2, 0) is 14.5 Å². The molecule has 0 spiro atoms. The molecule has 1 aliphatic heterocycles. The van der Waals surface area contributed by atoms with E-state index in [-0.39, 0.29) is 16.3 Å². The van der Waals surface area contributed by atoms with Gasteiger partial charge in [0.15, 0.2) is 0 Å². The zero-order chi connectivity index (χ0) is 21.7. The summed E-state index contributed by atoms with van der Waals surface area (Å²) in [6.45, 7) is 1.90. The molecular weight excluding hydrogens is 410 g/mol. The number of benzene rings is 2. The minimum Gasteiger partial charge on any atom is -0.399 e. The number of oxime groups is 1. The van der Waals surface area contributed by atoms with E-state index in [2.05, 4.69) is 10.3 Å². The van der Waals surface area contributed by atoms with E-state index in [4.69, 9.17) is 10.6 Å². The number of amides is 1. The first-order valence-corrected chi connectivity index (χ1v) is 10.2. The number of carbonyl (C=O) groups excluding carboxylic acids is 1. The summed E-state index contributed by atoms with van der Waals surface area (Å²) in [6.07, 6.45) is 1.04. The molecule has 30 heavy (non-hydrogen) atoms. The molecule has 2 aromatic rings. The molecule has 1 aliphatic rings. The molecule has 1 amide bonds. The Kier molecular flexibility index (Phi) is 6.84. The molecule has 9 heteroatoms. The van der Waals surface area contributed by atoms with Crippen molar-refractivity contribution in [1.29, 1.82) is 0 Å². The van der Waals surface area contributed by atoms with Gasteiger partial charge >= 0.3 is 0 Å². The molecule has 6 nitrogen and oxygen atoms in total. The summed E-state index contributed by atoms with van der Waals surface area (Å²) in [6, 6.07) is 12.4. The highest BCUT2D eigenvalue weighted by Gasteiger charge is 2.49. The fourth-order valence-corrected chi connectivity index (χ4v) is 4.65. The van der Waals surface area contributed by atoms with E-state index in [1.807, 2.05) is 30.3 Å². The largest absolute Gasteiger partial charge is 0.399 e. The van der Waals surface area contributed by atoms with Gasteiger partial charge in [-0.1, -0.05) is 47.2 Å². The fourth-order valence-electron chi connectivity index (χ4n) is 3.23. The van der Waals surface area contributed by atoms with Crippen LogP contribution in [-0.4, -0.2) is 35.3 Å². The normalized spacial score (nSPS) is 19.0. The first-order chi connectivity index (χ1) is 14.4. The fraction of sp³-hybridized carbons (Fsp3) is 0.286. The number of halogens is 2. The Labute approximate surface area is 177 Å². The standard InChI is InChI=1S/C21H22F2N4O2S/c1-14(26-29-2)20(28)27-21(11-6-12-24,15-7-4-3-5-8-15)30-19(25-27)17-13-16(22)9-10-18(17)23/h3-5,7-10,13H,6,11-12,24H2,1-2H3/b26-14-. The van der Waals surface area contributed by atoms with Crippen molar-refractivity contribution in [2.45, 2.75) is 24.6 Å². The zero-order valence-electron chi connectivity index (χ0n) is 16.6. The first kappa shape index (κ1) is 21.9. The van der Waals surface area contributed by atoms with Crippen molar-refractivity contribution < 1.29 is 18.4 Å². The minimum atomic E-state index is -0.990. The van der Waals surface area contributed by atoms with Gasteiger partial charge in [0.25, 0.3) is 5.91 Å². The molecule has 3 rings (SSSR count). The molecule has 1 atom stereocenters. The van der Waals surface area contributed by atoms with Crippen molar-refractivity contribution in [3.05, 3.63) is 71.3 Å². The van der Waals surface area contributed by atoms with E-state index in [9.17, 15) is 13.6 Å². The highest BCUT2D eigenvalue weighted by Crippen LogP contribution is 2.50. The van der Waals surface area contributed by atoms with Gasteiger partial charge in [-0.05, 0) is 50.1 Å². The second kappa shape index (κ2) is 9.36. The van der Waals surface area contributed by atoms with E-state index >= 15 is 0 Å². The molecule has 0 saturated heterocycles. The van der Waals surface area contributed by atoms with Crippen molar-refractivity contribution in [1.82, 2.24) is 5.01 Å². The van der Waals surface area contributed by atoms with Gasteiger partial charge in [0, 0.05) is 5.56 Å². The average Bonchev–Trinajstić information content (AvgIpc) is 3.14. The van der Waals surface area contributed by atoms with Gasteiger partial charge in [0.05, 0.1) is 0 Å².